The lowest BCUT2D eigenvalue weighted by Gasteiger charge is -2.41. The van der Waals surface area contributed by atoms with Gasteiger partial charge in [-0.25, -0.2) is 0 Å². The number of carbonyl (C=O) groups is 2. The topological polar surface area (TPSA) is 59.1 Å². The van der Waals surface area contributed by atoms with Gasteiger partial charge >= 0.3 is 0 Å². The van der Waals surface area contributed by atoms with Crippen molar-refractivity contribution in [2.45, 2.75) is 38.5 Å². The molecule has 2 aromatic carbocycles. The summed E-state index contributed by atoms with van der Waals surface area (Å²) in [5.41, 5.74) is 0.599. The average Bonchev–Trinajstić information content (AvgIpc) is 2.83. The fourth-order valence-corrected chi connectivity index (χ4v) is 4.44. The monoisotopic (exact) mass is 436 g/mol. The molecule has 2 aliphatic heterocycles. The van der Waals surface area contributed by atoms with Crippen LogP contribution in [0.2, 0.25) is 0 Å². The molecule has 0 radical (unpaired) electrons. The highest BCUT2D eigenvalue weighted by Crippen LogP contribution is 2.36. The summed E-state index contributed by atoms with van der Waals surface area (Å²) < 4.78 is 11.3. The van der Waals surface area contributed by atoms with E-state index in [4.69, 9.17) is 9.47 Å². The number of benzene rings is 2. The Morgan fingerprint density at radius 2 is 1.19 bits per heavy atom. The second-order valence-electron chi connectivity index (χ2n) is 9.56. The second kappa shape index (κ2) is 8.49. The van der Waals surface area contributed by atoms with Gasteiger partial charge in [-0.15, -0.1) is 0 Å². The van der Waals surface area contributed by atoms with Crippen molar-refractivity contribution in [3.63, 3.8) is 0 Å². The lowest BCUT2D eigenvalue weighted by Crippen LogP contribution is -2.56. The third-order valence-corrected chi connectivity index (χ3v) is 6.68. The number of hydrogen-bond acceptors (Lipinski definition) is 4. The van der Waals surface area contributed by atoms with Crippen LogP contribution in [0, 0.1) is 0 Å². The van der Waals surface area contributed by atoms with E-state index in [0.29, 0.717) is 45.1 Å². The Bertz CT molecular complexity index is 992. The molecule has 32 heavy (non-hydrogen) atoms. The van der Waals surface area contributed by atoms with Gasteiger partial charge in [-0.1, -0.05) is 36.4 Å². The first-order chi connectivity index (χ1) is 15.2. The number of piperazine rings is 1. The molecule has 0 spiro atoms. The highest BCUT2D eigenvalue weighted by molar-refractivity contribution is 5.89. The Labute approximate surface area is 190 Å². The van der Waals surface area contributed by atoms with E-state index in [2.05, 4.69) is 0 Å². The van der Waals surface area contributed by atoms with Gasteiger partial charge in [0.15, 0.2) is 11.5 Å². The third-order valence-electron chi connectivity index (χ3n) is 6.68. The van der Waals surface area contributed by atoms with Gasteiger partial charge < -0.3 is 19.3 Å². The van der Waals surface area contributed by atoms with Gasteiger partial charge in [0.2, 0.25) is 11.8 Å². The molecule has 6 nitrogen and oxygen atoms in total. The normalized spacial score (nSPS) is 16.6. The first-order valence-electron chi connectivity index (χ1n) is 11.3. The molecule has 4 rings (SSSR count). The van der Waals surface area contributed by atoms with Gasteiger partial charge in [0, 0.05) is 26.2 Å². The van der Waals surface area contributed by atoms with Crippen LogP contribution in [0.5, 0.6) is 11.5 Å². The first-order valence-corrected chi connectivity index (χ1v) is 11.3. The molecule has 2 amide bonds. The highest BCUT2D eigenvalue weighted by atomic mass is 16.6. The Balaban J connectivity index is 1.42. The van der Waals surface area contributed by atoms with Crippen molar-refractivity contribution in [1.29, 1.82) is 0 Å². The van der Waals surface area contributed by atoms with E-state index in [1.807, 2.05) is 86.0 Å². The second-order valence-corrected chi connectivity index (χ2v) is 9.56. The molecule has 2 aliphatic rings. The van der Waals surface area contributed by atoms with Crippen molar-refractivity contribution in [3.05, 3.63) is 59.7 Å². The Morgan fingerprint density at radius 1 is 0.688 bits per heavy atom. The van der Waals surface area contributed by atoms with Gasteiger partial charge in [-0.05, 0) is 51.0 Å². The first kappa shape index (κ1) is 22.2. The fourth-order valence-electron chi connectivity index (χ4n) is 4.44. The maximum absolute atomic E-state index is 13.4. The van der Waals surface area contributed by atoms with Crippen LogP contribution in [0.3, 0.4) is 0 Å². The Morgan fingerprint density at radius 3 is 1.75 bits per heavy atom. The molecule has 0 saturated carbocycles. The van der Waals surface area contributed by atoms with Crippen LogP contribution >= 0.6 is 0 Å². The third kappa shape index (κ3) is 4.06. The van der Waals surface area contributed by atoms with Crippen LogP contribution in [-0.4, -0.2) is 61.0 Å². The summed E-state index contributed by atoms with van der Waals surface area (Å²) in [6.07, 6.45) is 0. The number of hydrogen-bond donors (Lipinski definition) is 0. The molecule has 2 heterocycles. The smallest absolute Gasteiger partial charge is 0.232 e. The van der Waals surface area contributed by atoms with Crippen LogP contribution in [0.1, 0.15) is 38.8 Å². The molecule has 1 fully saturated rings. The minimum atomic E-state index is -0.703. The molecule has 0 atom stereocenters. The summed E-state index contributed by atoms with van der Waals surface area (Å²) in [5.74, 6) is 1.56. The maximum atomic E-state index is 13.4. The summed E-state index contributed by atoms with van der Waals surface area (Å²) in [7, 11) is 0. The predicted molar refractivity (Wildman–Crippen MR) is 123 cm³/mol. The fraction of sp³-hybridized carbons (Fsp3) is 0.462. The van der Waals surface area contributed by atoms with E-state index in [0.717, 1.165) is 16.9 Å². The largest absolute Gasteiger partial charge is 0.486 e. The molecule has 0 N–H and O–H groups in total. The van der Waals surface area contributed by atoms with Crippen molar-refractivity contribution in [1.82, 2.24) is 9.80 Å². The number of amides is 2. The zero-order valence-corrected chi connectivity index (χ0v) is 19.4. The van der Waals surface area contributed by atoms with Gasteiger partial charge in [-0.3, -0.25) is 9.59 Å². The minimum absolute atomic E-state index is 0.0589. The molecule has 0 aromatic heterocycles. The van der Waals surface area contributed by atoms with Gasteiger partial charge in [-0.2, -0.15) is 0 Å². The molecule has 6 heteroatoms. The molecule has 1 saturated heterocycles. The zero-order chi connectivity index (χ0) is 22.9. The van der Waals surface area contributed by atoms with Crippen LogP contribution in [0.4, 0.5) is 0 Å². The molecule has 0 aliphatic carbocycles. The van der Waals surface area contributed by atoms with Gasteiger partial charge in [0.1, 0.15) is 13.2 Å². The van der Waals surface area contributed by atoms with Crippen molar-refractivity contribution >= 4 is 11.8 Å². The van der Waals surface area contributed by atoms with Gasteiger partial charge in [0.05, 0.1) is 10.8 Å². The van der Waals surface area contributed by atoms with E-state index < -0.39 is 10.8 Å². The molecular weight excluding hydrogens is 404 g/mol. The number of carbonyl (C=O) groups excluding carboxylic acids is 2. The summed E-state index contributed by atoms with van der Waals surface area (Å²) in [5, 5.41) is 0. The lowest BCUT2D eigenvalue weighted by atomic mass is 9.82. The molecule has 2 aromatic rings. The Hall–Kier alpha value is -3.02. The number of nitrogens with zero attached hydrogens (tertiary/aromatic N) is 2. The lowest BCUT2D eigenvalue weighted by molar-refractivity contribution is -0.144. The zero-order valence-electron chi connectivity index (χ0n) is 19.4. The van der Waals surface area contributed by atoms with E-state index in [-0.39, 0.29) is 11.8 Å². The average molecular weight is 437 g/mol. The number of rotatable bonds is 4. The minimum Gasteiger partial charge on any atom is -0.486 e. The van der Waals surface area contributed by atoms with E-state index in [1.165, 1.54) is 0 Å². The predicted octanol–water partition coefficient (Wildman–Crippen LogP) is 3.38. The van der Waals surface area contributed by atoms with Crippen molar-refractivity contribution in [3.8, 4) is 11.5 Å². The van der Waals surface area contributed by atoms with Crippen LogP contribution in [0.15, 0.2) is 48.5 Å². The molecule has 0 bridgehead atoms. The number of ether oxygens (including phenoxy) is 2. The quantitative estimate of drug-likeness (QED) is 0.737. The van der Waals surface area contributed by atoms with Crippen molar-refractivity contribution in [2.75, 3.05) is 39.4 Å². The van der Waals surface area contributed by atoms with E-state index in [9.17, 15) is 9.59 Å². The van der Waals surface area contributed by atoms with Crippen molar-refractivity contribution < 1.29 is 19.1 Å². The molecular formula is C26H32N2O4. The number of fused-ring (bicyclic) bond motifs is 1. The SMILES string of the molecule is CC(C)(C(=O)N1CCN(C(=O)C(C)(C)c2ccc3c(c2)OCCO3)CC1)c1ccccc1. The van der Waals surface area contributed by atoms with E-state index >= 15 is 0 Å². The van der Waals surface area contributed by atoms with E-state index in [1.54, 1.807) is 0 Å². The van der Waals surface area contributed by atoms with Crippen LogP contribution in [-0.2, 0) is 20.4 Å². The molecule has 170 valence electrons. The van der Waals surface area contributed by atoms with Crippen LogP contribution in [0.25, 0.3) is 0 Å². The Kier molecular flexibility index (Phi) is 5.89. The molecule has 0 unspecified atom stereocenters. The highest BCUT2D eigenvalue weighted by Gasteiger charge is 2.39. The van der Waals surface area contributed by atoms with Gasteiger partial charge in [0.25, 0.3) is 0 Å². The standard InChI is InChI=1S/C26H32N2O4/c1-25(2,19-8-6-5-7-9-19)23(29)27-12-14-28(15-13-27)24(30)26(3,4)20-10-11-21-22(18-20)32-17-16-31-21/h5-11,18H,12-17H2,1-4H3. The summed E-state index contributed by atoms with van der Waals surface area (Å²) in [4.78, 5) is 30.4. The van der Waals surface area contributed by atoms with Crippen LogP contribution < -0.4 is 9.47 Å². The van der Waals surface area contributed by atoms with Crippen molar-refractivity contribution in [2.24, 2.45) is 0 Å². The summed E-state index contributed by atoms with van der Waals surface area (Å²) >= 11 is 0. The maximum Gasteiger partial charge on any atom is 0.232 e. The summed E-state index contributed by atoms with van der Waals surface area (Å²) in [6.45, 7) is 11.0. The summed E-state index contributed by atoms with van der Waals surface area (Å²) in [6, 6.07) is 15.6.